The van der Waals surface area contributed by atoms with Gasteiger partial charge in [0, 0.05) is 25.0 Å². The molecule has 2 atom stereocenters. The first-order valence-corrected chi connectivity index (χ1v) is 7.38. The van der Waals surface area contributed by atoms with E-state index < -0.39 is 0 Å². The molecule has 0 aliphatic carbocycles. The predicted molar refractivity (Wildman–Crippen MR) is 78.9 cm³/mol. The molecule has 1 saturated heterocycles. The van der Waals surface area contributed by atoms with E-state index in [-0.39, 0.29) is 0 Å². The van der Waals surface area contributed by atoms with Crippen molar-refractivity contribution in [2.45, 2.75) is 39.8 Å². The standard InChI is InChI=1S/C16H24ClN/c1-16(2,3)14-9-15(10-17)18(12-14)11-13-7-5-4-6-8-13/h4-8,14-15H,9-12H2,1-3H3/t14-,15-/m0/s1. The zero-order valence-electron chi connectivity index (χ0n) is 11.7. The maximum atomic E-state index is 6.14. The van der Waals surface area contributed by atoms with Crippen molar-refractivity contribution in [3.8, 4) is 0 Å². The minimum absolute atomic E-state index is 0.385. The van der Waals surface area contributed by atoms with Crippen LogP contribution in [0.4, 0.5) is 0 Å². The fraction of sp³-hybridized carbons (Fsp3) is 0.625. The molecule has 0 unspecified atom stereocenters. The molecule has 1 aliphatic heterocycles. The van der Waals surface area contributed by atoms with Gasteiger partial charge in [0.1, 0.15) is 0 Å². The topological polar surface area (TPSA) is 3.24 Å². The first-order valence-electron chi connectivity index (χ1n) is 6.84. The lowest BCUT2D eigenvalue weighted by Gasteiger charge is -2.27. The van der Waals surface area contributed by atoms with Gasteiger partial charge >= 0.3 is 0 Å². The molecule has 2 rings (SSSR count). The highest BCUT2D eigenvalue weighted by molar-refractivity contribution is 6.18. The van der Waals surface area contributed by atoms with Gasteiger partial charge in [-0.25, -0.2) is 0 Å². The van der Waals surface area contributed by atoms with Crippen LogP contribution in [0.15, 0.2) is 30.3 Å². The van der Waals surface area contributed by atoms with Crippen molar-refractivity contribution in [1.82, 2.24) is 4.90 Å². The Balaban J connectivity index is 2.04. The number of benzene rings is 1. The van der Waals surface area contributed by atoms with Gasteiger partial charge in [0.05, 0.1) is 0 Å². The largest absolute Gasteiger partial charge is 0.295 e. The predicted octanol–water partition coefficient (Wildman–Crippen LogP) is 4.16. The van der Waals surface area contributed by atoms with Crippen LogP contribution in [0.25, 0.3) is 0 Å². The Hall–Kier alpha value is -0.530. The van der Waals surface area contributed by atoms with Gasteiger partial charge in [0.2, 0.25) is 0 Å². The highest BCUT2D eigenvalue weighted by Gasteiger charge is 2.37. The van der Waals surface area contributed by atoms with Crippen molar-refractivity contribution in [1.29, 1.82) is 0 Å². The van der Waals surface area contributed by atoms with Crippen molar-refractivity contribution in [3.63, 3.8) is 0 Å². The maximum absolute atomic E-state index is 6.14. The highest BCUT2D eigenvalue weighted by atomic mass is 35.5. The second-order valence-corrected chi connectivity index (χ2v) is 6.83. The molecule has 1 heterocycles. The Labute approximate surface area is 116 Å². The van der Waals surface area contributed by atoms with E-state index in [1.807, 2.05) is 0 Å². The number of alkyl halides is 1. The van der Waals surface area contributed by atoms with Gasteiger partial charge in [0.15, 0.2) is 0 Å². The summed E-state index contributed by atoms with van der Waals surface area (Å²) in [6, 6.07) is 11.2. The van der Waals surface area contributed by atoms with Gasteiger partial charge in [-0.15, -0.1) is 11.6 Å². The summed E-state index contributed by atoms with van der Waals surface area (Å²) in [5, 5.41) is 0. The molecule has 100 valence electrons. The number of hydrogen-bond acceptors (Lipinski definition) is 1. The second-order valence-electron chi connectivity index (χ2n) is 6.52. The third-order valence-corrected chi connectivity index (χ3v) is 4.52. The van der Waals surface area contributed by atoms with Gasteiger partial charge in [-0.05, 0) is 23.3 Å². The normalized spacial score (nSPS) is 25.6. The fourth-order valence-corrected chi connectivity index (χ4v) is 3.10. The van der Waals surface area contributed by atoms with Crippen LogP contribution in [0.1, 0.15) is 32.8 Å². The van der Waals surface area contributed by atoms with Crippen molar-refractivity contribution >= 4 is 11.6 Å². The molecule has 0 aromatic heterocycles. The summed E-state index contributed by atoms with van der Waals surface area (Å²) >= 11 is 6.14. The van der Waals surface area contributed by atoms with Crippen molar-refractivity contribution in [2.75, 3.05) is 12.4 Å². The average molecular weight is 266 g/mol. The van der Waals surface area contributed by atoms with E-state index in [2.05, 4.69) is 56.0 Å². The highest BCUT2D eigenvalue weighted by Crippen LogP contribution is 2.37. The van der Waals surface area contributed by atoms with Crippen LogP contribution in [-0.4, -0.2) is 23.4 Å². The van der Waals surface area contributed by atoms with E-state index in [1.54, 1.807) is 0 Å². The number of halogens is 1. The summed E-state index contributed by atoms with van der Waals surface area (Å²) in [4.78, 5) is 2.55. The maximum Gasteiger partial charge on any atom is 0.0379 e. The first-order chi connectivity index (χ1) is 8.50. The van der Waals surface area contributed by atoms with E-state index >= 15 is 0 Å². The van der Waals surface area contributed by atoms with E-state index in [4.69, 9.17) is 11.6 Å². The van der Waals surface area contributed by atoms with E-state index in [9.17, 15) is 0 Å². The van der Waals surface area contributed by atoms with Crippen LogP contribution in [0.3, 0.4) is 0 Å². The van der Waals surface area contributed by atoms with Crippen LogP contribution in [-0.2, 0) is 6.54 Å². The van der Waals surface area contributed by atoms with E-state index in [1.165, 1.54) is 18.5 Å². The molecule has 0 spiro atoms. The van der Waals surface area contributed by atoms with Crippen molar-refractivity contribution in [2.24, 2.45) is 11.3 Å². The molecule has 0 bridgehead atoms. The lowest BCUT2D eigenvalue weighted by atomic mass is 9.79. The lowest BCUT2D eigenvalue weighted by molar-refractivity contribution is 0.218. The Morgan fingerprint density at radius 2 is 1.89 bits per heavy atom. The van der Waals surface area contributed by atoms with Gasteiger partial charge in [-0.1, -0.05) is 51.1 Å². The van der Waals surface area contributed by atoms with Crippen LogP contribution >= 0.6 is 11.6 Å². The van der Waals surface area contributed by atoms with Crippen LogP contribution in [0, 0.1) is 11.3 Å². The molecule has 0 radical (unpaired) electrons. The fourth-order valence-electron chi connectivity index (χ4n) is 2.78. The zero-order chi connectivity index (χ0) is 13.2. The van der Waals surface area contributed by atoms with Crippen molar-refractivity contribution < 1.29 is 0 Å². The number of nitrogens with zero attached hydrogens (tertiary/aromatic N) is 1. The molecule has 2 heteroatoms. The summed E-state index contributed by atoms with van der Waals surface area (Å²) in [6.45, 7) is 9.24. The zero-order valence-corrected chi connectivity index (χ0v) is 12.5. The molecule has 1 aromatic rings. The Morgan fingerprint density at radius 1 is 1.22 bits per heavy atom. The van der Waals surface area contributed by atoms with Crippen LogP contribution < -0.4 is 0 Å². The monoisotopic (exact) mass is 265 g/mol. The molecule has 0 N–H and O–H groups in total. The summed E-state index contributed by atoms with van der Waals surface area (Å²) in [7, 11) is 0. The quantitative estimate of drug-likeness (QED) is 0.742. The Morgan fingerprint density at radius 3 is 2.44 bits per heavy atom. The molecule has 0 saturated carbocycles. The average Bonchev–Trinajstić information content (AvgIpc) is 2.73. The summed E-state index contributed by atoms with van der Waals surface area (Å²) < 4.78 is 0. The molecule has 1 aliphatic rings. The Kier molecular flexibility index (Phi) is 4.34. The van der Waals surface area contributed by atoms with Gasteiger partial charge < -0.3 is 0 Å². The lowest BCUT2D eigenvalue weighted by Crippen LogP contribution is -2.30. The number of likely N-dealkylation sites (tertiary alicyclic amines) is 1. The smallest absolute Gasteiger partial charge is 0.0379 e. The third kappa shape index (κ3) is 3.27. The number of rotatable bonds is 3. The van der Waals surface area contributed by atoms with Gasteiger partial charge in [-0.3, -0.25) is 4.90 Å². The molecule has 0 amide bonds. The van der Waals surface area contributed by atoms with Crippen molar-refractivity contribution in [3.05, 3.63) is 35.9 Å². The van der Waals surface area contributed by atoms with Gasteiger partial charge in [-0.2, -0.15) is 0 Å². The van der Waals surface area contributed by atoms with Gasteiger partial charge in [0.25, 0.3) is 0 Å². The van der Waals surface area contributed by atoms with Crippen LogP contribution in [0.2, 0.25) is 0 Å². The van der Waals surface area contributed by atoms with E-state index in [0.717, 1.165) is 18.3 Å². The summed E-state index contributed by atoms with van der Waals surface area (Å²) in [5.41, 5.74) is 1.78. The third-order valence-electron chi connectivity index (χ3n) is 4.16. The minimum atomic E-state index is 0.385. The molecule has 1 nitrogen and oxygen atoms in total. The Bertz CT molecular complexity index is 368. The second kappa shape index (κ2) is 5.63. The first kappa shape index (κ1) is 13.9. The van der Waals surface area contributed by atoms with E-state index in [0.29, 0.717) is 11.5 Å². The van der Waals surface area contributed by atoms with Crippen LogP contribution in [0.5, 0.6) is 0 Å². The molecule has 18 heavy (non-hydrogen) atoms. The molecule has 1 aromatic carbocycles. The number of hydrogen-bond donors (Lipinski definition) is 0. The SMILES string of the molecule is CC(C)(C)[C@H]1C[C@@H](CCl)N(Cc2ccccc2)C1. The summed E-state index contributed by atoms with van der Waals surface area (Å²) in [5.74, 6) is 1.50. The minimum Gasteiger partial charge on any atom is -0.295 e. The molecular weight excluding hydrogens is 242 g/mol. The molecular formula is C16H24ClN. The molecule has 1 fully saturated rings. The summed E-state index contributed by atoms with van der Waals surface area (Å²) in [6.07, 6.45) is 1.24.